The van der Waals surface area contributed by atoms with E-state index in [4.69, 9.17) is 4.74 Å². The lowest BCUT2D eigenvalue weighted by Gasteiger charge is -2.53. The summed E-state index contributed by atoms with van der Waals surface area (Å²) in [6.45, 7) is 7.18. The molecule has 2 fully saturated rings. The highest BCUT2D eigenvalue weighted by Crippen LogP contribution is 2.63. The Kier molecular flexibility index (Phi) is 2.60. The van der Waals surface area contributed by atoms with Gasteiger partial charge < -0.3 is 14.9 Å². The molecule has 0 amide bonds. The molecule has 1 aromatic rings. The Morgan fingerprint density at radius 1 is 1.24 bits per heavy atom. The molecule has 0 radical (unpaired) electrons. The molecular formula is C18H24O3. The zero-order valence-corrected chi connectivity index (χ0v) is 13.0. The Balaban J connectivity index is 1.98. The van der Waals surface area contributed by atoms with Crippen LogP contribution in [0.3, 0.4) is 0 Å². The number of fused-ring (bicyclic) bond motifs is 1. The maximum atomic E-state index is 10.8. The number of phenolic OH excluding ortho intramolecular Hbond substituents is 1. The Morgan fingerprint density at radius 3 is 2.76 bits per heavy atom. The maximum absolute atomic E-state index is 10.8. The Labute approximate surface area is 125 Å². The van der Waals surface area contributed by atoms with Crippen molar-refractivity contribution < 1.29 is 14.9 Å². The summed E-state index contributed by atoms with van der Waals surface area (Å²) in [7, 11) is 0. The number of aryl methyl sites for hydroxylation is 1. The molecule has 1 saturated heterocycles. The minimum absolute atomic E-state index is 0.0217. The molecule has 0 aromatic heterocycles. The molecule has 3 heteroatoms. The van der Waals surface area contributed by atoms with Gasteiger partial charge in [-0.2, -0.15) is 0 Å². The third kappa shape index (κ3) is 1.56. The van der Waals surface area contributed by atoms with Crippen molar-refractivity contribution in [2.45, 2.75) is 57.7 Å². The maximum Gasteiger partial charge on any atom is 0.118 e. The number of ether oxygens (including phenoxy) is 1. The lowest BCUT2D eigenvalue weighted by atomic mass is 9.50. The number of aromatic hydroxyl groups is 1. The third-order valence-electron chi connectivity index (χ3n) is 6.28. The van der Waals surface area contributed by atoms with Crippen LogP contribution in [-0.4, -0.2) is 22.9 Å². The van der Waals surface area contributed by atoms with Crippen LogP contribution in [0.25, 0.3) is 0 Å². The first kappa shape index (κ1) is 13.6. The summed E-state index contributed by atoms with van der Waals surface area (Å²) in [5.41, 5.74) is 3.08. The largest absolute Gasteiger partial charge is 0.508 e. The summed E-state index contributed by atoms with van der Waals surface area (Å²) in [6.07, 6.45) is 2.79. The van der Waals surface area contributed by atoms with Crippen LogP contribution in [0.5, 0.6) is 5.75 Å². The highest BCUT2D eigenvalue weighted by atomic mass is 16.5. The zero-order chi connectivity index (χ0) is 15.0. The number of aliphatic hydroxyl groups is 1. The normalized spacial score (nSPS) is 39.7. The van der Waals surface area contributed by atoms with E-state index in [0.717, 1.165) is 23.1 Å². The van der Waals surface area contributed by atoms with Crippen LogP contribution < -0.4 is 0 Å². The molecule has 4 atom stereocenters. The highest BCUT2D eigenvalue weighted by Gasteiger charge is 2.63. The predicted octanol–water partition coefficient (Wildman–Crippen LogP) is 3.21. The summed E-state index contributed by atoms with van der Waals surface area (Å²) in [4.78, 5) is 0. The fourth-order valence-corrected chi connectivity index (χ4v) is 5.41. The fourth-order valence-electron chi connectivity index (χ4n) is 5.41. The van der Waals surface area contributed by atoms with Gasteiger partial charge in [-0.05, 0) is 54.0 Å². The van der Waals surface area contributed by atoms with E-state index in [0.29, 0.717) is 18.3 Å². The Hall–Kier alpha value is -1.06. The molecule has 1 heterocycles. The molecule has 2 bridgehead atoms. The molecule has 114 valence electrons. The molecule has 1 aliphatic heterocycles. The van der Waals surface area contributed by atoms with Crippen LogP contribution in [0, 0.1) is 18.3 Å². The quantitative estimate of drug-likeness (QED) is 0.770. The van der Waals surface area contributed by atoms with Crippen LogP contribution in [-0.2, 0) is 10.2 Å². The van der Waals surface area contributed by atoms with Gasteiger partial charge in [-0.15, -0.1) is 0 Å². The molecule has 21 heavy (non-hydrogen) atoms. The predicted molar refractivity (Wildman–Crippen MR) is 80.3 cm³/mol. The molecule has 3 nitrogen and oxygen atoms in total. The van der Waals surface area contributed by atoms with E-state index in [2.05, 4.69) is 13.8 Å². The second-order valence-electron chi connectivity index (χ2n) is 7.92. The smallest absolute Gasteiger partial charge is 0.118 e. The molecule has 3 aliphatic rings. The van der Waals surface area contributed by atoms with Crippen molar-refractivity contribution >= 4 is 0 Å². The molecule has 1 saturated carbocycles. The standard InChI is InChI=1S/C18H24O3/c1-10-7-11-12(8-13(10)19)18-6-4-5-17(2,3)16(18)15(14(11)20)21-9-18/h7-8,14-16,19-20H,4-6,9H2,1-3H3/t14-,15-,16+,18+/m1/s1. The summed E-state index contributed by atoms with van der Waals surface area (Å²) in [5, 5.41) is 21.0. The Morgan fingerprint density at radius 2 is 2.00 bits per heavy atom. The van der Waals surface area contributed by atoms with Crippen LogP contribution >= 0.6 is 0 Å². The van der Waals surface area contributed by atoms with Gasteiger partial charge in [0.1, 0.15) is 11.9 Å². The van der Waals surface area contributed by atoms with E-state index in [9.17, 15) is 10.2 Å². The lowest BCUT2D eigenvalue weighted by molar-refractivity contribution is -0.0596. The fraction of sp³-hybridized carbons (Fsp3) is 0.667. The summed E-state index contributed by atoms with van der Waals surface area (Å²) < 4.78 is 6.09. The zero-order valence-electron chi connectivity index (χ0n) is 13.0. The number of hydrogen-bond donors (Lipinski definition) is 2. The third-order valence-corrected chi connectivity index (χ3v) is 6.28. The molecule has 1 aromatic carbocycles. The van der Waals surface area contributed by atoms with Crippen molar-refractivity contribution in [3.05, 3.63) is 28.8 Å². The van der Waals surface area contributed by atoms with Gasteiger partial charge in [0, 0.05) is 11.3 Å². The molecule has 2 aliphatic carbocycles. The van der Waals surface area contributed by atoms with Crippen LogP contribution in [0.4, 0.5) is 0 Å². The van der Waals surface area contributed by atoms with E-state index in [1.54, 1.807) is 0 Å². The first-order chi connectivity index (χ1) is 9.87. The van der Waals surface area contributed by atoms with Crippen LogP contribution in [0.15, 0.2) is 12.1 Å². The molecule has 2 N–H and O–H groups in total. The summed E-state index contributed by atoms with van der Waals surface area (Å²) in [6, 6.07) is 3.85. The number of hydrogen-bond acceptors (Lipinski definition) is 3. The number of phenols is 1. The van der Waals surface area contributed by atoms with Gasteiger partial charge in [0.15, 0.2) is 0 Å². The van der Waals surface area contributed by atoms with E-state index in [1.165, 1.54) is 12.8 Å². The number of benzene rings is 1. The second kappa shape index (κ2) is 4.02. The van der Waals surface area contributed by atoms with Crippen molar-refractivity contribution in [2.24, 2.45) is 11.3 Å². The van der Waals surface area contributed by atoms with Crippen molar-refractivity contribution in [1.82, 2.24) is 0 Å². The summed E-state index contributed by atoms with van der Waals surface area (Å²) >= 11 is 0. The van der Waals surface area contributed by atoms with Gasteiger partial charge in [-0.1, -0.05) is 20.3 Å². The van der Waals surface area contributed by atoms with Crippen molar-refractivity contribution in [1.29, 1.82) is 0 Å². The number of rotatable bonds is 0. The Bertz CT molecular complexity index is 607. The van der Waals surface area contributed by atoms with Gasteiger partial charge in [0.05, 0.1) is 12.7 Å². The minimum Gasteiger partial charge on any atom is -0.508 e. The van der Waals surface area contributed by atoms with E-state index in [1.807, 2.05) is 19.1 Å². The highest BCUT2D eigenvalue weighted by molar-refractivity contribution is 5.50. The first-order valence-electron chi connectivity index (χ1n) is 8.00. The lowest BCUT2D eigenvalue weighted by Crippen LogP contribution is -2.52. The second-order valence-corrected chi connectivity index (χ2v) is 7.92. The molecule has 0 spiro atoms. The van der Waals surface area contributed by atoms with Crippen LogP contribution in [0.2, 0.25) is 0 Å². The summed E-state index contributed by atoms with van der Waals surface area (Å²) in [5.74, 6) is 0.672. The first-order valence-corrected chi connectivity index (χ1v) is 8.00. The van der Waals surface area contributed by atoms with Gasteiger partial charge in [0.25, 0.3) is 0 Å². The van der Waals surface area contributed by atoms with Crippen molar-refractivity contribution in [2.75, 3.05) is 6.61 Å². The number of aliphatic hydroxyl groups excluding tert-OH is 1. The topological polar surface area (TPSA) is 49.7 Å². The monoisotopic (exact) mass is 288 g/mol. The van der Waals surface area contributed by atoms with E-state index >= 15 is 0 Å². The average Bonchev–Trinajstić information content (AvgIpc) is 2.78. The molecule has 4 rings (SSSR count). The van der Waals surface area contributed by atoms with Gasteiger partial charge in [-0.25, -0.2) is 0 Å². The van der Waals surface area contributed by atoms with Crippen LogP contribution in [0.1, 0.15) is 55.9 Å². The SMILES string of the molecule is Cc1cc2c(cc1O)[C@@]13CCCC(C)(C)[C@@H]1[C@H](OC3)[C@@H]2O. The van der Waals surface area contributed by atoms with Crippen molar-refractivity contribution in [3.63, 3.8) is 0 Å². The molecular weight excluding hydrogens is 264 g/mol. The van der Waals surface area contributed by atoms with Gasteiger partial charge in [0.2, 0.25) is 0 Å². The van der Waals surface area contributed by atoms with E-state index < -0.39 is 6.10 Å². The van der Waals surface area contributed by atoms with Gasteiger partial charge >= 0.3 is 0 Å². The van der Waals surface area contributed by atoms with Crippen molar-refractivity contribution in [3.8, 4) is 5.75 Å². The molecule has 0 unspecified atom stereocenters. The van der Waals surface area contributed by atoms with E-state index in [-0.39, 0.29) is 16.9 Å². The minimum atomic E-state index is -0.572. The average molecular weight is 288 g/mol. The van der Waals surface area contributed by atoms with Gasteiger partial charge in [-0.3, -0.25) is 0 Å².